The molecule has 1 aliphatic rings. The van der Waals surface area contributed by atoms with Crippen molar-refractivity contribution in [1.29, 1.82) is 0 Å². The summed E-state index contributed by atoms with van der Waals surface area (Å²) >= 11 is 0. The van der Waals surface area contributed by atoms with Crippen molar-refractivity contribution in [3.63, 3.8) is 0 Å². The summed E-state index contributed by atoms with van der Waals surface area (Å²) in [4.78, 5) is 2.55. The van der Waals surface area contributed by atoms with Crippen LogP contribution in [0.5, 0.6) is 0 Å². The Balaban J connectivity index is 2.12. The van der Waals surface area contributed by atoms with Gasteiger partial charge in [0.1, 0.15) is 0 Å². The van der Waals surface area contributed by atoms with Gasteiger partial charge in [-0.3, -0.25) is 9.58 Å². The summed E-state index contributed by atoms with van der Waals surface area (Å²) in [5.74, 6) is 0. The molecule has 102 valence electrons. The molecule has 0 amide bonds. The lowest BCUT2D eigenvalue weighted by atomic mass is 9.88. The first-order valence-corrected chi connectivity index (χ1v) is 6.83. The molecule has 0 aliphatic carbocycles. The Kier molecular flexibility index (Phi) is 3.52. The fourth-order valence-corrected chi connectivity index (χ4v) is 2.48. The smallest absolute Gasteiger partial charge is 0.0764 e. The normalized spacial score (nSPS) is 28.5. The van der Waals surface area contributed by atoms with Crippen molar-refractivity contribution in [3.05, 3.63) is 18.0 Å². The number of nitrogens with one attached hydrogen (secondary N) is 1. The van der Waals surface area contributed by atoms with E-state index in [0.29, 0.717) is 0 Å². The summed E-state index contributed by atoms with van der Waals surface area (Å²) in [5.41, 5.74) is 1.57. The van der Waals surface area contributed by atoms with Gasteiger partial charge >= 0.3 is 0 Å². The van der Waals surface area contributed by atoms with Crippen molar-refractivity contribution in [1.82, 2.24) is 20.0 Å². The summed E-state index contributed by atoms with van der Waals surface area (Å²) in [6, 6.07) is 2.11. The maximum absolute atomic E-state index is 4.50. The second kappa shape index (κ2) is 4.67. The predicted molar refractivity (Wildman–Crippen MR) is 74.4 cm³/mol. The number of hydrogen-bond donors (Lipinski definition) is 1. The van der Waals surface area contributed by atoms with Gasteiger partial charge in [0, 0.05) is 44.0 Å². The lowest BCUT2D eigenvalue weighted by Gasteiger charge is -2.50. The molecular weight excluding hydrogens is 224 g/mol. The molecule has 1 aromatic rings. The molecule has 2 rings (SSSR count). The standard InChI is InChI=1S/C14H26N4/c1-6-14(4)11-18(13(2,3)10-15-14)9-12-7-8-17(5)16-12/h7-8,15H,6,9-11H2,1-5H3. The topological polar surface area (TPSA) is 33.1 Å². The van der Waals surface area contributed by atoms with E-state index in [-0.39, 0.29) is 11.1 Å². The summed E-state index contributed by atoms with van der Waals surface area (Å²) < 4.78 is 1.88. The van der Waals surface area contributed by atoms with Gasteiger partial charge in [0.25, 0.3) is 0 Å². The Labute approximate surface area is 110 Å². The van der Waals surface area contributed by atoms with Crippen LogP contribution >= 0.6 is 0 Å². The van der Waals surface area contributed by atoms with Gasteiger partial charge in [-0.05, 0) is 33.3 Å². The van der Waals surface area contributed by atoms with E-state index in [1.54, 1.807) is 0 Å². The van der Waals surface area contributed by atoms with Gasteiger partial charge in [-0.2, -0.15) is 5.10 Å². The Morgan fingerprint density at radius 3 is 2.67 bits per heavy atom. The van der Waals surface area contributed by atoms with Crippen LogP contribution in [0.25, 0.3) is 0 Å². The minimum Gasteiger partial charge on any atom is -0.308 e. The molecular formula is C14H26N4. The minimum atomic E-state index is 0.187. The predicted octanol–water partition coefficient (Wildman–Crippen LogP) is 1.77. The molecule has 0 radical (unpaired) electrons. The van der Waals surface area contributed by atoms with E-state index in [1.807, 2.05) is 17.9 Å². The van der Waals surface area contributed by atoms with Crippen LogP contribution in [0, 0.1) is 0 Å². The van der Waals surface area contributed by atoms with Crippen molar-refractivity contribution in [2.24, 2.45) is 7.05 Å². The van der Waals surface area contributed by atoms with E-state index in [9.17, 15) is 0 Å². The van der Waals surface area contributed by atoms with Gasteiger partial charge in [0.05, 0.1) is 5.69 Å². The van der Waals surface area contributed by atoms with Crippen LogP contribution in [0.1, 0.15) is 39.8 Å². The lowest BCUT2D eigenvalue weighted by molar-refractivity contribution is 0.0235. The van der Waals surface area contributed by atoms with E-state index in [1.165, 1.54) is 0 Å². The van der Waals surface area contributed by atoms with E-state index in [2.05, 4.69) is 49.1 Å². The van der Waals surface area contributed by atoms with Crippen LogP contribution in [0.15, 0.2) is 12.3 Å². The molecule has 1 fully saturated rings. The van der Waals surface area contributed by atoms with E-state index >= 15 is 0 Å². The number of rotatable bonds is 3. The highest BCUT2D eigenvalue weighted by Gasteiger charge is 2.39. The number of hydrogen-bond acceptors (Lipinski definition) is 3. The van der Waals surface area contributed by atoms with Crippen LogP contribution < -0.4 is 5.32 Å². The fraction of sp³-hybridized carbons (Fsp3) is 0.786. The second-order valence-electron chi connectivity index (χ2n) is 6.42. The summed E-state index contributed by atoms with van der Waals surface area (Å²) in [6.07, 6.45) is 3.17. The molecule has 1 unspecified atom stereocenters. The average molecular weight is 250 g/mol. The van der Waals surface area contributed by atoms with Crippen molar-refractivity contribution in [3.8, 4) is 0 Å². The summed E-state index contributed by atoms with van der Waals surface area (Å²) in [5, 5.41) is 8.19. The highest BCUT2D eigenvalue weighted by molar-refractivity contribution is 5.04. The number of piperazine rings is 1. The van der Waals surface area contributed by atoms with Crippen LogP contribution in [-0.4, -0.2) is 38.8 Å². The zero-order chi connectivity index (χ0) is 13.4. The van der Waals surface area contributed by atoms with Crippen LogP contribution in [0.2, 0.25) is 0 Å². The Morgan fingerprint density at radius 1 is 1.39 bits per heavy atom. The molecule has 0 saturated carbocycles. The first-order chi connectivity index (χ1) is 8.35. The number of aryl methyl sites for hydroxylation is 1. The van der Waals surface area contributed by atoms with E-state index in [0.717, 1.165) is 31.7 Å². The van der Waals surface area contributed by atoms with E-state index in [4.69, 9.17) is 0 Å². The quantitative estimate of drug-likeness (QED) is 0.887. The van der Waals surface area contributed by atoms with Crippen LogP contribution in [-0.2, 0) is 13.6 Å². The number of nitrogens with zero attached hydrogens (tertiary/aromatic N) is 3. The van der Waals surface area contributed by atoms with Crippen LogP contribution in [0.3, 0.4) is 0 Å². The minimum absolute atomic E-state index is 0.187. The molecule has 1 saturated heterocycles. The molecule has 1 aromatic heterocycles. The molecule has 4 heteroatoms. The van der Waals surface area contributed by atoms with Gasteiger partial charge < -0.3 is 5.32 Å². The molecule has 0 aromatic carbocycles. The Morgan fingerprint density at radius 2 is 2.11 bits per heavy atom. The maximum Gasteiger partial charge on any atom is 0.0764 e. The SMILES string of the molecule is CCC1(C)CN(Cc2ccn(C)n2)C(C)(C)CN1. The monoisotopic (exact) mass is 250 g/mol. The first-order valence-electron chi connectivity index (χ1n) is 6.83. The Hall–Kier alpha value is -0.870. The molecule has 1 atom stereocenters. The van der Waals surface area contributed by atoms with Gasteiger partial charge in [0.15, 0.2) is 0 Å². The van der Waals surface area contributed by atoms with Gasteiger partial charge in [-0.1, -0.05) is 6.92 Å². The Bertz CT molecular complexity index is 410. The summed E-state index contributed by atoms with van der Waals surface area (Å²) in [7, 11) is 1.97. The summed E-state index contributed by atoms with van der Waals surface area (Å²) in [6.45, 7) is 12.2. The van der Waals surface area contributed by atoms with E-state index < -0.39 is 0 Å². The molecule has 1 N–H and O–H groups in total. The molecule has 18 heavy (non-hydrogen) atoms. The molecule has 4 nitrogen and oxygen atoms in total. The molecule has 0 spiro atoms. The van der Waals surface area contributed by atoms with Gasteiger partial charge in [0.2, 0.25) is 0 Å². The van der Waals surface area contributed by atoms with Crippen molar-refractivity contribution < 1.29 is 0 Å². The van der Waals surface area contributed by atoms with Crippen molar-refractivity contribution in [2.45, 2.75) is 51.7 Å². The average Bonchev–Trinajstić information content (AvgIpc) is 2.70. The highest BCUT2D eigenvalue weighted by Crippen LogP contribution is 2.26. The molecule has 0 bridgehead atoms. The zero-order valence-corrected chi connectivity index (χ0v) is 12.3. The highest BCUT2D eigenvalue weighted by atomic mass is 15.3. The third kappa shape index (κ3) is 2.75. The van der Waals surface area contributed by atoms with Crippen molar-refractivity contribution >= 4 is 0 Å². The molecule has 2 heterocycles. The molecule has 1 aliphatic heterocycles. The van der Waals surface area contributed by atoms with Crippen molar-refractivity contribution in [2.75, 3.05) is 13.1 Å². The second-order valence-corrected chi connectivity index (χ2v) is 6.42. The largest absolute Gasteiger partial charge is 0.308 e. The first kappa shape index (κ1) is 13.6. The van der Waals surface area contributed by atoms with Crippen LogP contribution in [0.4, 0.5) is 0 Å². The fourth-order valence-electron chi connectivity index (χ4n) is 2.48. The zero-order valence-electron chi connectivity index (χ0n) is 12.3. The van der Waals surface area contributed by atoms with Gasteiger partial charge in [-0.15, -0.1) is 0 Å². The third-order valence-corrected chi connectivity index (χ3v) is 4.25. The third-order valence-electron chi connectivity index (χ3n) is 4.25. The maximum atomic E-state index is 4.50. The van der Waals surface area contributed by atoms with Gasteiger partial charge in [-0.25, -0.2) is 0 Å². The number of aromatic nitrogens is 2. The lowest BCUT2D eigenvalue weighted by Crippen LogP contribution is -2.66.